The molecule has 0 fully saturated rings. The normalized spacial score (nSPS) is 12.0. The Morgan fingerprint density at radius 3 is 2.78 bits per heavy atom. The number of hydrogen-bond acceptors (Lipinski definition) is 3. The van der Waals surface area contributed by atoms with Gasteiger partial charge in [0.1, 0.15) is 5.75 Å². The van der Waals surface area contributed by atoms with Gasteiger partial charge in [-0.1, -0.05) is 12.1 Å². The van der Waals surface area contributed by atoms with Gasteiger partial charge < -0.3 is 15.4 Å². The second-order valence-electron chi connectivity index (χ2n) is 4.60. The molecule has 0 aliphatic rings. The first kappa shape index (κ1) is 14.5. The number of rotatable bonds is 6. The van der Waals surface area contributed by atoms with Crippen LogP contribution in [0.1, 0.15) is 31.4 Å². The van der Waals surface area contributed by atoms with Crippen molar-refractivity contribution in [2.45, 2.75) is 25.8 Å². The molecule has 0 aromatic heterocycles. The lowest BCUT2D eigenvalue weighted by molar-refractivity contribution is -0.128. The first-order valence-corrected chi connectivity index (χ1v) is 6.19. The maximum Gasteiger partial charge on any atom is 0.222 e. The summed E-state index contributed by atoms with van der Waals surface area (Å²) in [6, 6.07) is 7.76. The molecule has 0 heterocycles. The van der Waals surface area contributed by atoms with Gasteiger partial charge in [0.25, 0.3) is 0 Å². The van der Waals surface area contributed by atoms with Crippen molar-refractivity contribution in [3.63, 3.8) is 0 Å². The van der Waals surface area contributed by atoms with Gasteiger partial charge in [0.05, 0.1) is 6.61 Å². The van der Waals surface area contributed by atoms with Crippen LogP contribution in [0.5, 0.6) is 5.75 Å². The van der Waals surface area contributed by atoms with E-state index in [0.29, 0.717) is 13.0 Å². The monoisotopic (exact) mass is 250 g/mol. The van der Waals surface area contributed by atoms with E-state index in [0.717, 1.165) is 17.7 Å². The van der Waals surface area contributed by atoms with E-state index in [1.54, 1.807) is 19.0 Å². The van der Waals surface area contributed by atoms with Crippen LogP contribution in [0.15, 0.2) is 24.3 Å². The van der Waals surface area contributed by atoms with Crippen LogP contribution in [0, 0.1) is 0 Å². The second kappa shape index (κ2) is 7.01. The van der Waals surface area contributed by atoms with Crippen molar-refractivity contribution in [2.75, 3.05) is 20.7 Å². The SMILES string of the molecule is C[C@@H](N)c1cccc(OCCCC(=O)N(C)C)c1. The van der Waals surface area contributed by atoms with Crippen LogP contribution in [-0.4, -0.2) is 31.5 Å². The molecule has 0 spiro atoms. The number of benzene rings is 1. The van der Waals surface area contributed by atoms with E-state index in [1.807, 2.05) is 31.2 Å². The highest BCUT2D eigenvalue weighted by Gasteiger charge is 2.04. The Bertz CT molecular complexity index is 389. The van der Waals surface area contributed by atoms with E-state index in [2.05, 4.69) is 0 Å². The lowest BCUT2D eigenvalue weighted by Crippen LogP contribution is -2.21. The number of hydrogen-bond donors (Lipinski definition) is 1. The minimum atomic E-state index is 0.00358. The summed E-state index contributed by atoms with van der Waals surface area (Å²) >= 11 is 0. The van der Waals surface area contributed by atoms with Crippen LogP contribution in [0.25, 0.3) is 0 Å². The number of nitrogens with zero attached hydrogens (tertiary/aromatic N) is 1. The summed E-state index contributed by atoms with van der Waals surface area (Å²) in [5.74, 6) is 0.935. The molecule has 18 heavy (non-hydrogen) atoms. The number of nitrogens with two attached hydrogens (primary N) is 1. The molecule has 4 heteroatoms. The van der Waals surface area contributed by atoms with Crippen molar-refractivity contribution in [3.05, 3.63) is 29.8 Å². The fourth-order valence-corrected chi connectivity index (χ4v) is 1.52. The molecule has 0 aliphatic carbocycles. The molecule has 100 valence electrons. The molecule has 0 saturated carbocycles. The van der Waals surface area contributed by atoms with Gasteiger partial charge >= 0.3 is 0 Å². The van der Waals surface area contributed by atoms with E-state index < -0.39 is 0 Å². The predicted octanol–water partition coefficient (Wildman–Crippen LogP) is 1.95. The van der Waals surface area contributed by atoms with Crippen LogP contribution in [0.2, 0.25) is 0 Å². The van der Waals surface area contributed by atoms with Gasteiger partial charge in [-0.3, -0.25) is 4.79 Å². The molecule has 0 bridgehead atoms. The highest BCUT2D eigenvalue weighted by atomic mass is 16.5. The molecular weight excluding hydrogens is 228 g/mol. The Morgan fingerprint density at radius 1 is 1.44 bits per heavy atom. The standard InChI is InChI=1S/C14H22N2O2/c1-11(15)12-6-4-7-13(10-12)18-9-5-8-14(17)16(2)3/h4,6-7,10-11H,5,8-9,15H2,1-3H3/t11-/m1/s1. The lowest BCUT2D eigenvalue weighted by Gasteiger charge is -2.11. The van der Waals surface area contributed by atoms with Crippen molar-refractivity contribution < 1.29 is 9.53 Å². The third-order valence-corrected chi connectivity index (χ3v) is 2.69. The third kappa shape index (κ3) is 4.75. The van der Waals surface area contributed by atoms with E-state index in [9.17, 15) is 4.79 Å². The molecule has 1 amide bonds. The van der Waals surface area contributed by atoms with Gasteiger partial charge in [0, 0.05) is 26.6 Å². The summed E-state index contributed by atoms with van der Waals surface area (Å²) < 4.78 is 5.60. The van der Waals surface area contributed by atoms with Crippen LogP contribution in [-0.2, 0) is 4.79 Å². The Balaban J connectivity index is 2.35. The second-order valence-corrected chi connectivity index (χ2v) is 4.60. The highest BCUT2D eigenvalue weighted by Crippen LogP contribution is 2.17. The molecule has 4 nitrogen and oxygen atoms in total. The summed E-state index contributed by atoms with van der Waals surface area (Å²) in [6.07, 6.45) is 1.24. The van der Waals surface area contributed by atoms with Crippen molar-refractivity contribution in [2.24, 2.45) is 5.73 Å². The largest absolute Gasteiger partial charge is 0.494 e. The zero-order chi connectivity index (χ0) is 13.5. The van der Waals surface area contributed by atoms with Gasteiger partial charge in [0.15, 0.2) is 0 Å². The molecule has 0 saturated heterocycles. The summed E-state index contributed by atoms with van der Waals surface area (Å²) in [7, 11) is 3.52. The van der Waals surface area contributed by atoms with Gasteiger partial charge in [-0.05, 0) is 31.0 Å². The molecule has 0 aliphatic heterocycles. The van der Waals surface area contributed by atoms with E-state index in [4.69, 9.17) is 10.5 Å². The van der Waals surface area contributed by atoms with Crippen LogP contribution in [0.3, 0.4) is 0 Å². The quantitative estimate of drug-likeness (QED) is 0.785. The van der Waals surface area contributed by atoms with Crippen LogP contribution < -0.4 is 10.5 Å². The predicted molar refractivity (Wildman–Crippen MR) is 72.5 cm³/mol. The van der Waals surface area contributed by atoms with Crippen LogP contribution >= 0.6 is 0 Å². The first-order chi connectivity index (χ1) is 8.50. The number of amides is 1. The summed E-state index contributed by atoms with van der Waals surface area (Å²) in [5, 5.41) is 0. The van der Waals surface area contributed by atoms with E-state index >= 15 is 0 Å². The Kier molecular flexibility index (Phi) is 5.65. The zero-order valence-corrected chi connectivity index (χ0v) is 11.3. The fraction of sp³-hybridized carbons (Fsp3) is 0.500. The van der Waals surface area contributed by atoms with Crippen LogP contribution in [0.4, 0.5) is 0 Å². The number of carbonyl (C=O) groups is 1. The Labute approximate surface area is 109 Å². The maximum atomic E-state index is 11.4. The number of ether oxygens (including phenoxy) is 1. The molecule has 1 aromatic carbocycles. The summed E-state index contributed by atoms with van der Waals surface area (Å²) in [6.45, 7) is 2.48. The first-order valence-electron chi connectivity index (χ1n) is 6.19. The minimum Gasteiger partial charge on any atom is -0.494 e. The molecule has 1 aromatic rings. The van der Waals surface area contributed by atoms with E-state index in [-0.39, 0.29) is 11.9 Å². The fourth-order valence-electron chi connectivity index (χ4n) is 1.52. The molecule has 0 unspecified atom stereocenters. The molecule has 2 N–H and O–H groups in total. The topological polar surface area (TPSA) is 55.6 Å². The highest BCUT2D eigenvalue weighted by molar-refractivity contribution is 5.75. The van der Waals surface area contributed by atoms with Crippen molar-refractivity contribution in [1.29, 1.82) is 0 Å². The number of carbonyl (C=O) groups excluding carboxylic acids is 1. The summed E-state index contributed by atoms with van der Waals surface area (Å²) in [5.41, 5.74) is 6.86. The lowest BCUT2D eigenvalue weighted by atomic mass is 10.1. The van der Waals surface area contributed by atoms with Gasteiger partial charge in [-0.25, -0.2) is 0 Å². The maximum absolute atomic E-state index is 11.4. The van der Waals surface area contributed by atoms with E-state index in [1.165, 1.54) is 0 Å². The van der Waals surface area contributed by atoms with Gasteiger partial charge in [-0.15, -0.1) is 0 Å². The average Bonchev–Trinajstić information content (AvgIpc) is 2.34. The Morgan fingerprint density at radius 2 is 2.17 bits per heavy atom. The minimum absolute atomic E-state index is 0.00358. The van der Waals surface area contributed by atoms with Crippen molar-refractivity contribution in [3.8, 4) is 5.75 Å². The molecular formula is C14H22N2O2. The molecule has 1 rings (SSSR count). The molecule has 0 radical (unpaired) electrons. The smallest absolute Gasteiger partial charge is 0.222 e. The average molecular weight is 250 g/mol. The summed E-state index contributed by atoms with van der Waals surface area (Å²) in [4.78, 5) is 12.9. The zero-order valence-electron chi connectivity index (χ0n) is 11.3. The van der Waals surface area contributed by atoms with Crippen molar-refractivity contribution in [1.82, 2.24) is 4.90 Å². The molecule has 1 atom stereocenters. The van der Waals surface area contributed by atoms with Crippen molar-refractivity contribution >= 4 is 5.91 Å². The Hall–Kier alpha value is -1.55. The van der Waals surface area contributed by atoms with Gasteiger partial charge in [-0.2, -0.15) is 0 Å². The van der Waals surface area contributed by atoms with Gasteiger partial charge in [0.2, 0.25) is 5.91 Å². The third-order valence-electron chi connectivity index (χ3n) is 2.69.